The van der Waals surface area contributed by atoms with E-state index in [2.05, 4.69) is 36.3 Å². The topological polar surface area (TPSA) is 72.7 Å². The molecule has 19 heavy (non-hydrogen) atoms. The van der Waals surface area contributed by atoms with Gasteiger partial charge in [0.15, 0.2) is 5.82 Å². The van der Waals surface area contributed by atoms with Crippen LogP contribution in [0.1, 0.15) is 13.8 Å². The summed E-state index contributed by atoms with van der Waals surface area (Å²) in [6, 6.07) is 3.54. The fourth-order valence-electron chi connectivity index (χ4n) is 1.50. The number of pyridine rings is 1. The van der Waals surface area contributed by atoms with Crippen LogP contribution in [0.4, 0.5) is 5.69 Å². The smallest absolute Gasteiger partial charge is 0.238 e. The molecular formula is C12H14BrN5O. The Morgan fingerprint density at radius 1 is 1.47 bits per heavy atom. The lowest BCUT2D eigenvalue weighted by Gasteiger charge is -2.15. The number of carbonyl (C=O) groups excluding carboxylic acids is 1. The zero-order valence-corrected chi connectivity index (χ0v) is 12.2. The fraction of sp³-hybridized carbons (Fsp3) is 0.333. The molecule has 7 heteroatoms. The molecule has 2 heterocycles. The van der Waals surface area contributed by atoms with Crippen molar-refractivity contribution in [3.63, 3.8) is 0 Å². The zero-order valence-electron chi connectivity index (χ0n) is 10.6. The van der Waals surface area contributed by atoms with Crippen molar-refractivity contribution in [2.24, 2.45) is 5.92 Å². The van der Waals surface area contributed by atoms with Gasteiger partial charge in [0.25, 0.3) is 0 Å². The Kier molecular flexibility index (Phi) is 4.26. The lowest BCUT2D eigenvalue weighted by Crippen LogP contribution is -2.27. The van der Waals surface area contributed by atoms with Gasteiger partial charge in [-0.05, 0) is 18.1 Å². The largest absolute Gasteiger partial charge is 0.322 e. The molecule has 0 saturated heterocycles. The molecule has 0 radical (unpaired) electrons. The first-order chi connectivity index (χ1) is 9.09. The van der Waals surface area contributed by atoms with E-state index in [0.717, 1.165) is 0 Å². The van der Waals surface area contributed by atoms with Gasteiger partial charge in [-0.1, -0.05) is 29.8 Å². The summed E-state index contributed by atoms with van der Waals surface area (Å²) in [4.78, 5) is 19.9. The van der Waals surface area contributed by atoms with Crippen molar-refractivity contribution in [3.8, 4) is 5.82 Å². The van der Waals surface area contributed by atoms with Crippen molar-refractivity contribution < 1.29 is 4.79 Å². The van der Waals surface area contributed by atoms with Crippen molar-refractivity contribution in [3.05, 3.63) is 31.0 Å². The number of anilines is 1. The van der Waals surface area contributed by atoms with E-state index in [9.17, 15) is 4.79 Å². The van der Waals surface area contributed by atoms with Crippen molar-refractivity contribution in [2.75, 3.05) is 5.32 Å². The van der Waals surface area contributed by atoms with E-state index >= 15 is 0 Å². The maximum absolute atomic E-state index is 12.0. The van der Waals surface area contributed by atoms with Crippen LogP contribution in [0.5, 0.6) is 0 Å². The molecule has 100 valence electrons. The number of carbonyl (C=O) groups is 1. The average Bonchev–Trinajstić information content (AvgIpc) is 2.92. The molecule has 1 unspecified atom stereocenters. The van der Waals surface area contributed by atoms with Gasteiger partial charge in [0, 0.05) is 6.20 Å². The first kappa shape index (κ1) is 13.7. The molecule has 0 aliphatic heterocycles. The Hall–Kier alpha value is -1.76. The van der Waals surface area contributed by atoms with Crippen molar-refractivity contribution in [1.29, 1.82) is 0 Å². The highest BCUT2D eigenvalue weighted by Gasteiger charge is 2.20. The average molecular weight is 324 g/mol. The quantitative estimate of drug-likeness (QED) is 0.874. The molecule has 6 nitrogen and oxygen atoms in total. The minimum atomic E-state index is -0.253. The molecular weight excluding hydrogens is 310 g/mol. The van der Waals surface area contributed by atoms with Crippen LogP contribution in [-0.2, 0) is 4.79 Å². The summed E-state index contributed by atoms with van der Waals surface area (Å²) in [6.45, 7) is 3.95. The number of rotatable bonds is 4. The first-order valence-corrected chi connectivity index (χ1v) is 6.76. The van der Waals surface area contributed by atoms with Gasteiger partial charge in [0.2, 0.25) is 5.91 Å². The molecule has 0 aromatic carbocycles. The fourth-order valence-corrected chi connectivity index (χ4v) is 1.61. The van der Waals surface area contributed by atoms with Gasteiger partial charge in [-0.25, -0.2) is 14.6 Å². The van der Waals surface area contributed by atoms with E-state index in [1.165, 1.54) is 17.3 Å². The lowest BCUT2D eigenvalue weighted by molar-refractivity contribution is -0.116. The van der Waals surface area contributed by atoms with Crippen LogP contribution in [0.15, 0.2) is 31.0 Å². The third-order valence-corrected chi connectivity index (χ3v) is 3.99. The van der Waals surface area contributed by atoms with E-state index in [1.54, 1.807) is 18.3 Å². The third-order valence-electron chi connectivity index (χ3n) is 2.52. The molecule has 0 aliphatic rings. The van der Waals surface area contributed by atoms with E-state index in [1.807, 2.05) is 13.8 Å². The molecule has 2 aromatic rings. The van der Waals surface area contributed by atoms with Crippen LogP contribution < -0.4 is 5.32 Å². The normalized spacial score (nSPS) is 12.4. The molecule has 0 bridgehead atoms. The lowest BCUT2D eigenvalue weighted by atomic mass is 10.1. The number of amides is 1. The Bertz CT molecular complexity index is 555. The number of nitrogens with one attached hydrogen (secondary N) is 1. The maximum Gasteiger partial charge on any atom is 0.238 e. The predicted molar refractivity (Wildman–Crippen MR) is 75.3 cm³/mol. The third kappa shape index (κ3) is 3.17. The molecule has 2 aromatic heterocycles. The Morgan fingerprint density at radius 2 is 2.26 bits per heavy atom. The number of nitrogens with zero attached hydrogens (tertiary/aromatic N) is 4. The SMILES string of the molecule is CC(C)C(Br)C(=O)Nc1cccnc1-n1cncn1. The van der Waals surface area contributed by atoms with E-state index in [-0.39, 0.29) is 16.7 Å². The van der Waals surface area contributed by atoms with Gasteiger partial charge in [0.1, 0.15) is 12.7 Å². The predicted octanol–water partition coefficient (Wildman–Crippen LogP) is 2.02. The molecule has 0 saturated carbocycles. The number of hydrogen-bond donors (Lipinski definition) is 1. The highest BCUT2D eigenvalue weighted by molar-refractivity contribution is 9.10. The number of hydrogen-bond acceptors (Lipinski definition) is 4. The summed E-state index contributed by atoms with van der Waals surface area (Å²) >= 11 is 3.37. The number of alkyl halides is 1. The monoisotopic (exact) mass is 323 g/mol. The summed E-state index contributed by atoms with van der Waals surface area (Å²) in [6.07, 6.45) is 4.59. The van der Waals surface area contributed by atoms with Crippen LogP contribution in [0, 0.1) is 5.92 Å². The minimum Gasteiger partial charge on any atom is -0.322 e. The molecule has 1 atom stereocenters. The van der Waals surface area contributed by atoms with Crippen molar-refractivity contribution in [2.45, 2.75) is 18.7 Å². The standard InChI is InChI=1S/C12H14BrN5O/c1-8(2)10(13)12(19)17-9-4-3-5-15-11(9)18-7-14-6-16-18/h3-8,10H,1-2H3,(H,17,19). The first-order valence-electron chi connectivity index (χ1n) is 5.84. The maximum atomic E-state index is 12.0. The Morgan fingerprint density at radius 3 is 2.89 bits per heavy atom. The molecule has 0 fully saturated rings. The summed E-state index contributed by atoms with van der Waals surface area (Å²) in [5.74, 6) is 0.632. The second-order valence-corrected chi connectivity index (χ2v) is 5.34. The molecule has 1 amide bonds. The summed E-state index contributed by atoms with van der Waals surface area (Å²) in [5, 5.41) is 6.86. The van der Waals surface area contributed by atoms with Gasteiger partial charge in [-0.15, -0.1) is 0 Å². The zero-order chi connectivity index (χ0) is 13.8. The number of aromatic nitrogens is 4. The second kappa shape index (κ2) is 5.92. The second-order valence-electron chi connectivity index (χ2n) is 4.35. The Labute approximate surface area is 119 Å². The van der Waals surface area contributed by atoms with Crippen molar-refractivity contribution >= 4 is 27.5 Å². The summed E-state index contributed by atoms with van der Waals surface area (Å²) in [7, 11) is 0. The van der Waals surface area contributed by atoms with Crippen LogP contribution >= 0.6 is 15.9 Å². The van der Waals surface area contributed by atoms with E-state index in [0.29, 0.717) is 11.5 Å². The van der Waals surface area contributed by atoms with Gasteiger partial charge >= 0.3 is 0 Å². The van der Waals surface area contributed by atoms with Crippen molar-refractivity contribution in [1.82, 2.24) is 19.7 Å². The van der Waals surface area contributed by atoms with Crippen LogP contribution in [0.2, 0.25) is 0 Å². The van der Waals surface area contributed by atoms with Gasteiger partial charge in [-0.2, -0.15) is 5.10 Å². The minimum absolute atomic E-state index is 0.107. The van der Waals surface area contributed by atoms with E-state index < -0.39 is 0 Å². The Balaban J connectivity index is 2.24. The number of halogens is 1. The molecule has 0 spiro atoms. The summed E-state index contributed by atoms with van der Waals surface area (Å²) < 4.78 is 1.51. The van der Waals surface area contributed by atoms with Gasteiger partial charge in [0.05, 0.1) is 10.5 Å². The van der Waals surface area contributed by atoms with Crippen LogP contribution in [0.3, 0.4) is 0 Å². The van der Waals surface area contributed by atoms with Crippen LogP contribution in [-0.4, -0.2) is 30.5 Å². The highest BCUT2D eigenvalue weighted by Crippen LogP contribution is 2.19. The van der Waals surface area contributed by atoms with Crippen LogP contribution in [0.25, 0.3) is 5.82 Å². The van der Waals surface area contributed by atoms with Gasteiger partial charge in [-0.3, -0.25) is 4.79 Å². The van der Waals surface area contributed by atoms with Gasteiger partial charge < -0.3 is 5.32 Å². The van der Waals surface area contributed by atoms with E-state index in [4.69, 9.17) is 0 Å². The molecule has 1 N–H and O–H groups in total. The molecule has 2 rings (SSSR count). The molecule has 0 aliphatic carbocycles. The summed E-state index contributed by atoms with van der Waals surface area (Å²) in [5.41, 5.74) is 0.600. The highest BCUT2D eigenvalue weighted by atomic mass is 79.9.